The Labute approximate surface area is 325 Å². The number of nitrogens with zero attached hydrogens (tertiary/aromatic N) is 4. The Kier molecular flexibility index (Phi) is 11.2. The van der Waals surface area contributed by atoms with E-state index in [9.17, 15) is 0 Å². The zero-order valence-electron chi connectivity index (χ0n) is 27.7. The molecule has 2 aromatic carbocycles. The zero-order valence-corrected chi connectivity index (χ0v) is 33.9. The molecule has 0 amide bonds. The molecule has 2 fully saturated rings. The van der Waals surface area contributed by atoms with Gasteiger partial charge in [-0.05, 0) is 180 Å². The molecule has 2 aliphatic carbocycles. The van der Waals surface area contributed by atoms with E-state index in [1.54, 1.807) is 0 Å². The van der Waals surface area contributed by atoms with Gasteiger partial charge in [-0.1, -0.05) is 63.4 Å². The van der Waals surface area contributed by atoms with Gasteiger partial charge in [0.15, 0.2) is 0 Å². The Balaban J connectivity index is 0.000000154. The lowest BCUT2D eigenvalue weighted by atomic mass is 9.76. The lowest BCUT2D eigenvalue weighted by Gasteiger charge is -2.35. The maximum absolute atomic E-state index is 6.29. The molecule has 0 spiro atoms. The summed E-state index contributed by atoms with van der Waals surface area (Å²) >= 11 is 23.5. The number of fused-ring (bicyclic) bond motifs is 4. The quantitative estimate of drug-likeness (QED) is 0.201. The van der Waals surface area contributed by atoms with Gasteiger partial charge >= 0.3 is 0 Å². The number of aromatic nitrogens is 2. The second-order valence-electron chi connectivity index (χ2n) is 13.8. The van der Waals surface area contributed by atoms with Crippen molar-refractivity contribution in [2.24, 2.45) is 11.8 Å². The van der Waals surface area contributed by atoms with E-state index in [0.717, 1.165) is 49.7 Å². The first-order chi connectivity index (χ1) is 23.6. The molecule has 0 saturated carbocycles. The molecule has 4 aliphatic rings. The van der Waals surface area contributed by atoms with E-state index in [-0.39, 0.29) is 0 Å². The molecule has 2 aromatic heterocycles. The Morgan fingerprint density at radius 1 is 0.612 bits per heavy atom. The number of likely N-dealkylation sites (tertiary alicyclic amines) is 2. The van der Waals surface area contributed by atoms with E-state index in [1.807, 2.05) is 24.5 Å². The maximum atomic E-state index is 6.29. The molecular weight excluding hydrogens is 847 g/mol. The van der Waals surface area contributed by atoms with E-state index in [1.165, 1.54) is 70.5 Å². The molecule has 2 unspecified atom stereocenters. The van der Waals surface area contributed by atoms with Gasteiger partial charge in [-0.2, -0.15) is 0 Å². The number of hydrogen-bond acceptors (Lipinski definition) is 4. The molecule has 0 bridgehead atoms. The SMILES string of the molecule is CN1CCC(C2c3ccc(Cl)cc3C=C(Br)c3cc(Br)cnc32)CC1.CN1CCC(C2c3ccc(Cl)cc3C=Cc3cc(Br)cnc32)CC1. The second-order valence-corrected chi connectivity index (χ2v) is 17.4. The maximum Gasteiger partial charge on any atom is 0.0565 e. The highest BCUT2D eigenvalue weighted by Gasteiger charge is 2.35. The lowest BCUT2D eigenvalue weighted by Crippen LogP contribution is -2.33. The fourth-order valence-corrected chi connectivity index (χ4v) is 9.65. The number of benzene rings is 2. The van der Waals surface area contributed by atoms with Crippen LogP contribution in [0.5, 0.6) is 0 Å². The third kappa shape index (κ3) is 7.84. The van der Waals surface area contributed by atoms with Crippen molar-refractivity contribution >= 4 is 93.7 Å². The molecule has 4 heterocycles. The van der Waals surface area contributed by atoms with E-state index in [4.69, 9.17) is 33.2 Å². The second kappa shape index (κ2) is 15.4. The average molecular weight is 886 g/mol. The Morgan fingerprint density at radius 2 is 1.10 bits per heavy atom. The van der Waals surface area contributed by atoms with Gasteiger partial charge < -0.3 is 9.80 Å². The van der Waals surface area contributed by atoms with Crippen molar-refractivity contribution in [3.05, 3.63) is 125 Å². The summed E-state index contributed by atoms with van der Waals surface area (Å²) in [7, 11) is 4.42. The summed E-state index contributed by atoms with van der Waals surface area (Å²) in [6.45, 7) is 4.60. The molecule has 2 atom stereocenters. The number of rotatable bonds is 2. The normalized spacial score (nSPS) is 21.2. The molecule has 8 rings (SSSR count). The first-order valence-corrected chi connectivity index (χ1v) is 20.1. The van der Waals surface area contributed by atoms with Gasteiger partial charge in [-0.3, -0.25) is 9.97 Å². The van der Waals surface area contributed by atoms with E-state index in [2.05, 4.69) is 126 Å². The van der Waals surface area contributed by atoms with Crippen LogP contribution >= 0.6 is 71.0 Å². The summed E-state index contributed by atoms with van der Waals surface area (Å²) < 4.78 is 3.09. The van der Waals surface area contributed by atoms with Crippen LogP contribution in [0.2, 0.25) is 10.0 Å². The average Bonchev–Trinajstić information content (AvgIpc) is 3.31. The van der Waals surface area contributed by atoms with Crippen molar-refractivity contribution in [1.29, 1.82) is 0 Å². The largest absolute Gasteiger partial charge is 0.306 e. The molecule has 4 aromatic rings. The Hall–Kier alpha value is -1.84. The van der Waals surface area contributed by atoms with Crippen LogP contribution in [0.3, 0.4) is 0 Å². The summed E-state index contributed by atoms with van der Waals surface area (Å²) in [5, 5.41) is 1.57. The summed E-state index contributed by atoms with van der Waals surface area (Å²) in [6, 6.07) is 16.9. The standard InChI is InChI=1S/C20H19Br2ClN2.C20H20BrClN2/c1-25-6-4-12(5-7-25)19-16-3-2-15(23)8-13(16)9-18(22)17-10-14(21)11-24-20(17)19;1-24-8-6-13(7-9-24)19-18-5-4-17(22)11-14(18)2-3-15-10-16(21)12-23-20(15)19/h2-3,8-12,19H,4-7H2,1H3;2-5,10-13,19H,6-9H2,1H3. The van der Waals surface area contributed by atoms with Gasteiger partial charge in [0.1, 0.15) is 0 Å². The monoisotopic (exact) mass is 882 g/mol. The third-order valence-electron chi connectivity index (χ3n) is 10.6. The zero-order chi connectivity index (χ0) is 34.2. The highest BCUT2D eigenvalue weighted by atomic mass is 79.9. The molecule has 4 nitrogen and oxygen atoms in total. The molecule has 49 heavy (non-hydrogen) atoms. The summed E-state index contributed by atoms with van der Waals surface area (Å²) in [5.74, 6) is 1.85. The van der Waals surface area contributed by atoms with Crippen LogP contribution in [0.4, 0.5) is 0 Å². The summed E-state index contributed by atoms with van der Waals surface area (Å²) in [4.78, 5) is 14.5. The van der Waals surface area contributed by atoms with Gasteiger partial charge in [0.05, 0.1) is 11.4 Å². The van der Waals surface area contributed by atoms with Crippen LogP contribution in [0.25, 0.3) is 22.7 Å². The molecule has 2 aliphatic heterocycles. The molecule has 254 valence electrons. The van der Waals surface area contributed by atoms with Gasteiger partial charge in [0, 0.05) is 53.3 Å². The van der Waals surface area contributed by atoms with Gasteiger partial charge in [0.25, 0.3) is 0 Å². The van der Waals surface area contributed by atoms with Gasteiger partial charge in [-0.25, -0.2) is 0 Å². The first kappa shape index (κ1) is 35.6. The lowest BCUT2D eigenvalue weighted by molar-refractivity contribution is 0.206. The minimum atomic E-state index is 0.301. The van der Waals surface area contributed by atoms with Crippen molar-refractivity contribution in [3.8, 4) is 0 Å². The van der Waals surface area contributed by atoms with Crippen molar-refractivity contribution in [2.45, 2.75) is 37.5 Å². The van der Waals surface area contributed by atoms with Gasteiger partial charge in [-0.15, -0.1) is 0 Å². The summed E-state index contributed by atoms with van der Waals surface area (Å²) in [6.07, 6.45) is 15.2. The van der Waals surface area contributed by atoms with E-state index < -0.39 is 0 Å². The minimum absolute atomic E-state index is 0.301. The predicted octanol–water partition coefficient (Wildman–Crippen LogP) is 11.6. The minimum Gasteiger partial charge on any atom is -0.306 e. The molecular formula is C40H39Br3Cl2N4. The smallest absolute Gasteiger partial charge is 0.0565 e. The predicted molar refractivity (Wildman–Crippen MR) is 217 cm³/mol. The van der Waals surface area contributed by atoms with Crippen LogP contribution in [-0.2, 0) is 0 Å². The number of halogens is 5. The molecule has 2 saturated heterocycles. The Morgan fingerprint density at radius 3 is 1.71 bits per heavy atom. The van der Waals surface area contributed by atoms with Crippen LogP contribution in [-0.4, -0.2) is 60.0 Å². The highest BCUT2D eigenvalue weighted by molar-refractivity contribution is 9.15. The van der Waals surface area contributed by atoms with Crippen molar-refractivity contribution < 1.29 is 0 Å². The fraction of sp³-hybridized carbons (Fsp3) is 0.350. The van der Waals surface area contributed by atoms with E-state index in [0.29, 0.717) is 23.7 Å². The van der Waals surface area contributed by atoms with Crippen LogP contribution in [0.1, 0.15) is 82.3 Å². The molecule has 0 radical (unpaired) electrons. The first-order valence-electron chi connectivity index (χ1n) is 17.0. The van der Waals surface area contributed by atoms with Crippen LogP contribution in [0.15, 0.2) is 69.9 Å². The van der Waals surface area contributed by atoms with E-state index >= 15 is 0 Å². The number of hydrogen-bond donors (Lipinski definition) is 0. The highest BCUT2D eigenvalue weighted by Crippen LogP contribution is 2.47. The fourth-order valence-electron chi connectivity index (χ4n) is 8.04. The topological polar surface area (TPSA) is 32.3 Å². The van der Waals surface area contributed by atoms with Crippen LogP contribution < -0.4 is 0 Å². The molecule has 9 heteroatoms. The summed E-state index contributed by atoms with van der Waals surface area (Å²) in [5.41, 5.74) is 9.86. The Bertz CT molecular complexity index is 1860. The van der Waals surface area contributed by atoms with Gasteiger partial charge in [0.2, 0.25) is 0 Å². The van der Waals surface area contributed by atoms with Crippen molar-refractivity contribution in [3.63, 3.8) is 0 Å². The van der Waals surface area contributed by atoms with Crippen molar-refractivity contribution in [1.82, 2.24) is 19.8 Å². The third-order valence-corrected chi connectivity index (χ3v) is 12.6. The number of piperidine rings is 2. The number of pyridine rings is 2. The van der Waals surface area contributed by atoms with Crippen molar-refractivity contribution in [2.75, 3.05) is 40.3 Å². The van der Waals surface area contributed by atoms with Crippen LogP contribution in [0, 0.1) is 11.8 Å². The molecule has 0 N–H and O–H groups in total.